The highest BCUT2D eigenvalue weighted by molar-refractivity contribution is 8.04. The summed E-state index contributed by atoms with van der Waals surface area (Å²) in [7, 11) is 0. The van der Waals surface area contributed by atoms with Gasteiger partial charge in [-0.15, -0.1) is 11.3 Å². The van der Waals surface area contributed by atoms with Gasteiger partial charge >= 0.3 is 5.97 Å². The van der Waals surface area contributed by atoms with Crippen LogP contribution in [0.5, 0.6) is 0 Å². The number of carbonyl (C=O) groups excluding carboxylic acids is 1. The molecule has 1 amide bonds. The molecule has 0 spiro atoms. The lowest BCUT2D eigenvalue weighted by Gasteiger charge is -2.46. The van der Waals surface area contributed by atoms with E-state index in [1.165, 1.54) is 33.6 Å². The van der Waals surface area contributed by atoms with Crippen LogP contribution in [-0.4, -0.2) is 44.1 Å². The van der Waals surface area contributed by atoms with Gasteiger partial charge < -0.3 is 15.1 Å². The molecular formula is C25H24N3O4S2+. The highest BCUT2D eigenvalue weighted by Gasteiger charge is 2.60. The van der Waals surface area contributed by atoms with Crippen molar-refractivity contribution in [2.24, 2.45) is 11.8 Å². The molecule has 174 valence electrons. The Labute approximate surface area is 205 Å². The fourth-order valence-electron chi connectivity index (χ4n) is 4.72. The van der Waals surface area contributed by atoms with E-state index in [0.29, 0.717) is 4.91 Å². The van der Waals surface area contributed by atoms with Crippen molar-refractivity contribution < 1.29 is 24.4 Å². The number of hydrogen-bond donors (Lipinski definition) is 2. The van der Waals surface area contributed by atoms with Crippen LogP contribution in [0.2, 0.25) is 0 Å². The molecule has 34 heavy (non-hydrogen) atoms. The number of rotatable bonds is 7. The van der Waals surface area contributed by atoms with E-state index < -0.39 is 18.0 Å². The van der Waals surface area contributed by atoms with Gasteiger partial charge in [-0.3, -0.25) is 4.79 Å². The number of thiazole rings is 1. The van der Waals surface area contributed by atoms with Gasteiger partial charge in [0.25, 0.3) is 0 Å². The van der Waals surface area contributed by atoms with Gasteiger partial charge in [-0.05, 0) is 6.92 Å². The molecule has 0 bridgehead atoms. The number of thioether (sulfide) groups is 1. The van der Waals surface area contributed by atoms with Crippen LogP contribution in [0.15, 0.2) is 75.2 Å². The van der Waals surface area contributed by atoms with Crippen molar-refractivity contribution in [3.8, 4) is 11.3 Å². The van der Waals surface area contributed by atoms with Crippen molar-refractivity contribution in [1.29, 1.82) is 0 Å². The van der Waals surface area contributed by atoms with Crippen LogP contribution in [0.3, 0.4) is 0 Å². The number of carbonyl (C=O) groups is 2. The van der Waals surface area contributed by atoms with E-state index in [-0.39, 0.29) is 23.6 Å². The number of amides is 1. The summed E-state index contributed by atoms with van der Waals surface area (Å²) >= 11 is 2.76. The highest BCUT2D eigenvalue weighted by Crippen LogP contribution is 2.52. The minimum Gasteiger partial charge on any atom is -0.477 e. The Morgan fingerprint density at radius 3 is 2.59 bits per heavy atom. The van der Waals surface area contributed by atoms with E-state index >= 15 is 0 Å². The SMILES string of the molecule is C[C@@H](O)[C@H]1C(=O)N2C(C(=O)O)=C(Sc3nc(-c4ccc(C[n+]5ccccc5)cc4)cs3)[C@H](C)[C@H]12. The molecule has 1 saturated heterocycles. The number of nitrogens with zero attached hydrogens (tertiary/aromatic N) is 3. The van der Waals surface area contributed by atoms with E-state index in [1.54, 1.807) is 6.92 Å². The number of pyridine rings is 1. The minimum atomic E-state index is -1.13. The quantitative estimate of drug-likeness (QED) is 0.386. The van der Waals surface area contributed by atoms with Gasteiger partial charge in [-0.25, -0.2) is 14.3 Å². The standard InChI is InChI=1S/C25H23N3O4S2/c1-14-20-19(15(2)29)23(30)28(20)21(24(31)32)22(14)34-25-26-18(13-33-25)17-8-6-16(7-9-17)12-27-10-4-3-5-11-27/h3-11,13-15,19-20,29H,12H2,1-2H3/p+1/t14-,15-,19-,20-/m1/s1. The normalized spacial score (nSPS) is 22.5. The van der Waals surface area contributed by atoms with Gasteiger partial charge in [0.1, 0.15) is 5.70 Å². The van der Waals surface area contributed by atoms with Crippen LogP contribution < -0.4 is 4.57 Å². The summed E-state index contributed by atoms with van der Waals surface area (Å²) in [6, 6.07) is 13.9. The van der Waals surface area contributed by atoms with Gasteiger partial charge in [0.15, 0.2) is 23.3 Å². The third-order valence-corrected chi connectivity index (χ3v) is 8.61. The number of aromatic nitrogens is 2. The predicted octanol–water partition coefficient (Wildman–Crippen LogP) is 3.39. The number of carboxylic acids is 1. The van der Waals surface area contributed by atoms with E-state index in [1.807, 2.05) is 55.0 Å². The Kier molecular flexibility index (Phi) is 6.01. The number of hydrogen-bond acceptors (Lipinski definition) is 6. The van der Waals surface area contributed by atoms with Gasteiger partial charge in [-0.1, -0.05) is 49.0 Å². The highest BCUT2D eigenvalue weighted by atomic mass is 32.2. The fraction of sp³-hybridized carbons (Fsp3) is 0.280. The molecule has 0 unspecified atom stereocenters. The van der Waals surface area contributed by atoms with Crippen LogP contribution in [0.1, 0.15) is 19.4 Å². The van der Waals surface area contributed by atoms with Crippen molar-refractivity contribution in [1.82, 2.24) is 9.88 Å². The minimum absolute atomic E-state index is 0.0175. The largest absolute Gasteiger partial charge is 0.477 e. The number of fused-ring (bicyclic) bond motifs is 1. The molecule has 3 aromatic rings. The fourth-order valence-corrected chi connectivity index (χ4v) is 6.82. The topological polar surface area (TPSA) is 94.6 Å². The lowest BCUT2D eigenvalue weighted by molar-refractivity contribution is -0.688. The molecular weight excluding hydrogens is 470 g/mol. The molecule has 7 nitrogen and oxygen atoms in total. The summed E-state index contributed by atoms with van der Waals surface area (Å²) < 4.78 is 2.84. The molecule has 9 heteroatoms. The predicted molar refractivity (Wildman–Crippen MR) is 129 cm³/mol. The number of carboxylic acid groups (broad SMARTS) is 1. The zero-order chi connectivity index (χ0) is 24.0. The summed E-state index contributed by atoms with van der Waals surface area (Å²) in [5.41, 5.74) is 3.02. The van der Waals surface area contributed by atoms with Crippen molar-refractivity contribution in [3.05, 3.63) is 76.4 Å². The van der Waals surface area contributed by atoms with E-state index in [0.717, 1.165) is 22.1 Å². The van der Waals surface area contributed by atoms with E-state index in [2.05, 4.69) is 16.7 Å². The molecule has 2 N–H and O–H groups in total. The average molecular weight is 495 g/mol. The number of aliphatic hydroxyl groups is 1. The molecule has 4 atom stereocenters. The Balaban J connectivity index is 1.34. The molecule has 1 aromatic carbocycles. The van der Waals surface area contributed by atoms with Crippen LogP contribution in [0.25, 0.3) is 11.3 Å². The Morgan fingerprint density at radius 2 is 1.94 bits per heavy atom. The average Bonchev–Trinajstić information content (AvgIpc) is 3.37. The maximum absolute atomic E-state index is 12.5. The van der Waals surface area contributed by atoms with E-state index in [4.69, 9.17) is 4.98 Å². The molecule has 5 rings (SSSR count). The number of aliphatic hydroxyl groups excluding tert-OH is 1. The molecule has 0 saturated carbocycles. The van der Waals surface area contributed by atoms with Crippen LogP contribution in [-0.2, 0) is 16.1 Å². The summed E-state index contributed by atoms with van der Waals surface area (Å²) in [5, 5.41) is 21.8. The maximum atomic E-state index is 12.5. The number of β-lactam (4-membered cyclic amide) rings is 1. The molecule has 2 aliphatic heterocycles. The van der Waals surface area contributed by atoms with Crippen molar-refractivity contribution >= 4 is 35.0 Å². The molecule has 4 heterocycles. The molecule has 2 aliphatic rings. The monoisotopic (exact) mass is 494 g/mol. The Bertz CT molecular complexity index is 1270. The lowest BCUT2D eigenvalue weighted by atomic mass is 9.79. The summed E-state index contributed by atoms with van der Waals surface area (Å²) in [4.78, 5) is 31.2. The van der Waals surface area contributed by atoms with Gasteiger partial charge in [0.05, 0.1) is 23.8 Å². The van der Waals surface area contributed by atoms with Crippen molar-refractivity contribution in [2.45, 2.75) is 36.9 Å². The zero-order valence-electron chi connectivity index (χ0n) is 18.7. The number of aliphatic carboxylic acids is 1. The number of benzene rings is 1. The van der Waals surface area contributed by atoms with Crippen molar-refractivity contribution in [3.63, 3.8) is 0 Å². The Morgan fingerprint density at radius 1 is 1.24 bits per heavy atom. The first-order valence-electron chi connectivity index (χ1n) is 11.0. The lowest BCUT2D eigenvalue weighted by Crippen LogP contribution is -2.63. The van der Waals surface area contributed by atoms with E-state index in [9.17, 15) is 19.8 Å². The van der Waals surface area contributed by atoms with Gasteiger partial charge in [0, 0.05) is 39.5 Å². The smallest absolute Gasteiger partial charge is 0.353 e. The molecule has 1 fully saturated rings. The first kappa shape index (κ1) is 22.8. The first-order valence-corrected chi connectivity index (χ1v) is 12.7. The molecule has 2 aromatic heterocycles. The molecule has 0 radical (unpaired) electrons. The van der Waals surface area contributed by atoms with Gasteiger partial charge in [0.2, 0.25) is 5.91 Å². The summed E-state index contributed by atoms with van der Waals surface area (Å²) in [5.74, 6) is -2.20. The van der Waals surface area contributed by atoms with Crippen LogP contribution in [0, 0.1) is 11.8 Å². The van der Waals surface area contributed by atoms with Crippen LogP contribution >= 0.6 is 23.1 Å². The molecule has 0 aliphatic carbocycles. The Hall–Kier alpha value is -3.01. The van der Waals surface area contributed by atoms with Crippen LogP contribution in [0.4, 0.5) is 0 Å². The second kappa shape index (κ2) is 8.98. The summed E-state index contributed by atoms with van der Waals surface area (Å²) in [6.07, 6.45) is 3.24. The second-order valence-corrected chi connectivity index (χ2v) is 10.8. The maximum Gasteiger partial charge on any atom is 0.353 e. The zero-order valence-corrected chi connectivity index (χ0v) is 20.3. The third kappa shape index (κ3) is 3.93. The summed E-state index contributed by atoms with van der Waals surface area (Å²) in [6.45, 7) is 4.28. The second-order valence-electron chi connectivity index (χ2n) is 8.62. The first-order chi connectivity index (χ1) is 16.3. The third-order valence-electron chi connectivity index (χ3n) is 6.38. The van der Waals surface area contributed by atoms with Crippen molar-refractivity contribution in [2.75, 3.05) is 0 Å². The van der Waals surface area contributed by atoms with Gasteiger partial charge in [-0.2, -0.15) is 0 Å².